The number of hydrogen-bond acceptors (Lipinski definition) is 0. The average Bonchev–Trinajstić information content (AvgIpc) is 2.62. The van der Waals surface area contributed by atoms with Crippen LogP contribution < -0.4 is 10.4 Å². The van der Waals surface area contributed by atoms with E-state index in [4.69, 9.17) is 0 Å². The van der Waals surface area contributed by atoms with E-state index in [0.29, 0.717) is 0 Å². The van der Waals surface area contributed by atoms with Gasteiger partial charge in [0.2, 0.25) is 0 Å². The third-order valence-corrected chi connectivity index (χ3v) is 7.52. The minimum absolute atomic E-state index is 1.03. The van der Waals surface area contributed by atoms with Gasteiger partial charge >= 0.3 is 103 Å². The molecule has 0 aromatic heterocycles. The molecule has 0 spiro atoms. The van der Waals surface area contributed by atoms with Crippen molar-refractivity contribution in [2.75, 3.05) is 4.93 Å². The minimum atomic E-state index is -1.03. The van der Waals surface area contributed by atoms with E-state index in [2.05, 4.69) is 52.3 Å². The van der Waals surface area contributed by atoms with Crippen molar-refractivity contribution < 1.29 is 0 Å². The fraction of sp³-hybridized carbons (Fsp3) is 0.200. The molecule has 0 radical (unpaired) electrons. The Kier molecular flexibility index (Phi) is 2.51. The maximum atomic E-state index is 2.54. The second-order valence-electron chi connectivity index (χ2n) is 4.15. The Hall–Kier alpha value is -0.830. The van der Waals surface area contributed by atoms with Gasteiger partial charge < -0.3 is 0 Å². The molecule has 0 unspecified atom stereocenters. The fourth-order valence-electron chi connectivity index (χ4n) is 2.40. The van der Waals surface area contributed by atoms with Crippen LogP contribution in [0.25, 0.3) is 20.9 Å². The molecule has 0 saturated heterocycles. The summed E-state index contributed by atoms with van der Waals surface area (Å²) in [5.41, 5.74) is 0. The van der Waals surface area contributed by atoms with Crippen molar-refractivity contribution in [3.05, 3.63) is 44.3 Å². The molecule has 1 aliphatic rings. The summed E-state index contributed by atoms with van der Waals surface area (Å²) in [5.74, 6) is 0. The van der Waals surface area contributed by atoms with E-state index in [1.807, 2.05) is 0 Å². The number of benzene rings is 2. The van der Waals surface area contributed by atoms with Gasteiger partial charge in [-0.3, -0.25) is 0 Å². The van der Waals surface area contributed by atoms with Crippen LogP contribution in [0.4, 0.5) is 0 Å². The van der Waals surface area contributed by atoms with Crippen LogP contribution in [-0.2, 0) is 0 Å². The molecule has 82 valence electrons. The van der Waals surface area contributed by atoms with Crippen molar-refractivity contribution in [1.29, 1.82) is 0 Å². The van der Waals surface area contributed by atoms with Crippen LogP contribution in [0.3, 0.4) is 0 Å². The van der Waals surface area contributed by atoms with Crippen LogP contribution in [0.2, 0.25) is 0 Å². The van der Waals surface area contributed by atoms with Gasteiger partial charge in [-0.25, -0.2) is 0 Å². The number of halogens is 1. The molecular weight excluding hydrogens is 307 g/mol. The first-order chi connectivity index (χ1) is 7.81. The molecule has 1 aliphatic heterocycles. The zero-order chi connectivity index (χ0) is 11.1. The molecule has 0 nitrogen and oxygen atoms in total. The van der Waals surface area contributed by atoms with E-state index in [1.54, 1.807) is 3.57 Å². The van der Waals surface area contributed by atoms with Gasteiger partial charge in [0, 0.05) is 0 Å². The first-order valence-corrected chi connectivity index (χ1v) is 10.1. The maximum absolute atomic E-state index is 2.54. The van der Waals surface area contributed by atoms with Crippen LogP contribution in [0.5, 0.6) is 0 Å². The van der Waals surface area contributed by atoms with E-state index in [0.717, 1.165) is 6.42 Å². The predicted octanol–water partition coefficient (Wildman–Crippen LogP) is 3.09. The van der Waals surface area contributed by atoms with Crippen molar-refractivity contribution >= 4 is 40.8 Å². The molecule has 0 N–H and O–H groups in total. The third-order valence-electron chi connectivity index (χ3n) is 3.05. The number of hydrogen-bond donors (Lipinski definition) is 0. The molecule has 1 heterocycles. The first kappa shape index (κ1) is 10.3. The second kappa shape index (κ2) is 3.88. The average molecular weight is 322 g/mol. The molecule has 2 aromatic carbocycles. The van der Waals surface area contributed by atoms with Gasteiger partial charge in [0.25, 0.3) is 0 Å². The Morgan fingerprint density at radius 2 is 2.06 bits per heavy atom. The molecule has 0 bridgehead atoms. The predicted molar refractivity (Wildman–Crippen MR) is 81.1 cm³/mol. The van der Waals surface area contributed by atoms with Crippen molar-refractivity contribution in [2.24, 2.45) is 0 Å². The van der Waals surface area contributed by atoms with Gasteiger partial charge in [0.1, 0.15) is 0 Å². The molecular formula is C15H15I. The molecule has 0 aliphatic carbocycles. The van der Waals surface area contributed by atoms with Gasteiger partial charge in [-0.05, 0) is 0 Å². The van der Waals surface area contributed by atoms with Crippen molar-refractivity contribution in [3.8, 4) is 0 Å². The molecule has 1 heteroatoms. The summed E-state index contributed by atoms with van der Waals surface area (Å²) in [5, 5.41) is 5.92. The second-order valence-corrected chi connectivity index (χ2v) is 8.80. The van der Waals surface area contributed by atoms with E-state index >= 15 is 0 Å². The van der Waals surface area contributed by atoms with Gasteiger partial charge in [-0.2, -0.15) is 0 Å². The summed E-state index contributed by atoms with van der Waals surface area (Å²) in [6.07, 6.45) is 3.50. The van der Waals surface area contributed by atoms with Gasteiger partial charge in [-0.1, -0.05) is 0 Å². The van der Waals surface area contributed by atoms with Gasteiger partial charge in [-0.15, -0.1) is 0 Å². The van der Waals surface area contributed by atoms with Crippen LogP contribution in [0, 0.1) is 3.57 Å². The zero-order valence-corrected chi connectivity index (χ0v) is 11.8. The first-order valence-electron chi connectivity index (χ1n) is 5.63. The van der Waals surface area contributed by atoms with E-state index in [1.165, 1.54) is 21.2 Å². The quantitative estimate of drug-likeness (QED) is 0.559. The Labute approximate surface area is 103 Å². The van der Waals surface area contributed by atoms with Crippen molar-refractivity contribution in [3.63, 3.8) is 0 Å². The summed E-state index contributed by atoms with van der Waals surface area (Å²) in [6.45, 7) is 2.22. The molecule has 0 atom stereocenters. The van der Waals surface area contributed by atoms with Gasteiger partial charge in [0.05, 0.1) is 0 Å². The van der Waals surface area contributed by atoms with E-state index in [9.17, 15) is 0 Å². The van der Waals surface area contributed by atoms with Crippen molar-refractivity contribution in [1.82, 2.24) is 0 Å². The Morgan fingerprint density at radius 3 is 2.88 bits per heavy atom. The molecule has 16 heavy (non-hydrogen) atoms. The molecule has 0 saturated carbocycles. The Balaban J connectivity index is 2.53. The molecule has 3 rings (SSSR count). The molecule has 0 fully saturated rings. The third kappa shape index (κ3) is 1.41. The van der Waals surface area contributed by atoms with Gasteiger partial charge in [0.15, 0.2) is 0 Å². The molecule has 0 amide bonds. The number of alkyl halides is 1. The van der Waals surface area contributed by atoms with Crippen LogP contribution >= 0.6 is 19.8 Å². The van der Waals surface area contributed by atoms with Crippen LogP contribution in [0.1, 0.15) is 13.3 Å². The normalized spacial score (nSPS) is 16.9. The monoisotopic (exact) mass is 322 g/mol. The summed E-state index contributed by atoms with van der Waals surface area (Å²) >= 11 is -1.03. The Morgan fingerprint density at radius 1 is 1.19 bits per heavy atom. The fourth-order valence-corrected chi connectivity index (χ4v) is 7.09. The summed E-state index contributed by atoms with van der Waals surface area (Å²) < 4.78 is 4.22. The standard InChI is InChI=1S/C15H15I/c1-3-5-12-9-8-11-6-4-7-13-10-16(2)15(12)14(11)13/h4-10H,3H2,1-2H3/b12-5-. The number of rotatable bonds is 1. The van der Waals surface area contributed by atoms with E-state index < -0.39 is 19.8 Å². The molecule has 2 aromatic rings. The summed E-state index contributed by atoms with van der Waals surface area (Å²) in [4.78, 5) is 2.45. The van der Waals surface area contributed by atoms with Crippen LogP contribution in [-0.4, -0.2) is 4.93 Å². The van der Waals surface area contributed by atoms with E-state index in [-0.39, 0.29) is 0 Å². The Bertz CT molecular complexity index is 668. The van der Waals surface area contributed by atoms with Crippen molar-refractivity contribution in [2.45, 2.75) is 13.3 Å². The zero-order valence-electron chi connectivity index (χ0n) is 9.63. The van der Waals surface area contributed by atoms with Crippen LogP contribution in [0.15, 0.2) is 30.3 Å². The topological polar surface area (TPSA) is 0 Å². The summed E-state index contributed by atoms with van der Waals surface area (Å²) in [7, 11) is 0. The summed E-state index contributed by atoms with van der Waals surface area (Å²) in [6, 6.07) is 11.3. The SMILES string of the molecule is CC/C=c1/ccc2cccc3c2c1I(C)C=3.